The lowest BCUT2D eigenvalue weighted by Gasteiger charge is -2.31. The highest BCUT2D eigenvalue weighted by Crippen LogP contribution is 2.25. The minimum absolute atomic E-state index is 0.152. The third-order valence-corrected chi connectivity index (χ3v) is 4.08. The number of aliphatic hydroxyl groups excluding tert-OH is 1. The molecule has 1 N–H and O–H groups in total. The van der Waals surface area contributed by atoms with Gasteiger partial charge in [-0.25, -0.2) is 4.98 Å². The average Bonchev–Trinajstić information content (AvgIpc) is 2.30. The molecular formula is C14H20Cl2N2O. The highest BCUT2D eigenvalue weighted by atomic mass is 35.5. The van der Waals surface area contributed by atoms with Crippen molar-refractivity contribution in [1.29, 1.82) is 0 Å². The van der Waals surface area contributed by atoms with Gasteiger partial charge in [0.15, 0.2) is 0 Å². The van der Waals surface area contributed by atoms with Crippen LogP contribution >= 0.6 is 23.2 Å². The van der Waals surface area contributed by atoms with Crippen LogP contribution < -0.4 is 0 Å². The highest BCUT2D eigenvalue weighted by molar-refractivity contribution is 6.32. The van der Waals surface area contributed by atoms with Gasteiger partial charge in [0, 0.05) is 13.1 Å². The molecule has 0 spiro atoms. The molecule has 1 aliphatic carbocycles. The Kier molecular flexibility index (Phi) is 5.46. The number of aliphatic hydroxyl groups is 1. The Labute approximate surface area is 124 Å². The topological polar surface area (TPSA) is 36.4 Å². The van der Waals surface area contributed by atoms with Crippen molar-refractivity contribution in [2.75, 3.05) is 13.6 Å². The monoisotopic (exact) mass is 302 g/mol. The van der Waals surface area contributed by atoms with Crippen molar-refractivity contribution >= 4 is 23.2 Å². The summed E-state index contributed by atoms with van der Waals surface area (Å²) in [4.78, 5) is 6.15. The van der Waals surface area contributed by atoms with E-state index in [4.69, 9.17) is 23.2 Å². The van der Waals surface area contributed by atoms with Gasteiger partial charge in [0.2, 0.25) is 0 Å². The summed E-state index contributed by atoms with van der Waals surface area (Å²) in [5.74, 6) is 0.381. The van der Waals surface area contributed by atoms with Gasteiger partial charge < -0.3 is 10.0 Å². The van der Waals surface area contributed by atoms with Crippen LogP contribution in [0, 0.1) is 5.92 Å². The van der Waals surface area contributed by atoms with E-state index >= 15 is 0 Å². The fourth-order valence-corrected chi connectivity index (χ4v) is 3.29. The van der Waals surface area contributed by atoms with Crippen molar-refractivity contribution in [2.24, 2.45) is 5.92 Å². The minimum atomic E-state index is -0.152. The molecule has 1 heterocycles. The number of rotatable bonds is 4. The van der Waals surface area contributed by atoms with E-state index < -0.39 is 0 Å². The number of hydrogen-bond donors (Lipinski definition) is 1. The Bertz CT molecular complexity index is 408. The molecule has 1 saturated carbocycles. The number of hydrogen-bond acceptors (Lipinski definition) is 3. The predicted molar refractivity (Wildman–Crippen MR) is 78.6 cm³/mol. The fourth-order valence-electron chi connectivity index (χ4n) is 2.78. The second-order valence-electron chi connectivity index (χ2n) is 5.43. The van der Waals surface area contributed by atoms with Crippen LogP contribution in [0.25, 0.3) is 0 Å². The minimum Gasteiger partial charge on any atom is -0.393 e. The third-order valence-electron chi connectivity index (χ3n) is 3.69. The molecule has 2 atom stereocenters. The zero-order valence-corrected chi connectivity index (χ0v) is 12.7. The summed E-state index contributed by atoms with van der Waals surface area (Å²) in [5.41, 5.74) is 1.05. The summed E-state index contributed by atoms with van der Waals surface area (Å²) >= 11 is 11.8. The van der Waals surface area contributed by atoms with Crippen LogP contribution in [0.1, 0.15) is 31.2 Å². The summed E-state index contributed by atoms with van der Waals surface area (Å²) < 4.78 is 0. The van der Waals surface area contributed by atoms with Crippen LogP contribution in [0.4, 0.5) is 0 Å². The number of aromatic nitrogens is 1. The Hall–Kier alpha value is -0.350. The summed E-state index contributed by atoms with van der Waals surface area (Å²) in [6.07, 6.45) is 4.27. The molecule has 19 heavy (non-hydrogen) atoms. The Morgan fingerprint density at radius 1 is 1.26 bits per heavy atom. The summed E-state index contributed by atoms with van der Waals surface area (Å²) in [6, 6.07) is 3.67. The second kappa shape index (κ2) is 6.89. The Balaban J connectivity index is 1.91. The zero-order valence-electron chi connectivity index (χ0n) is 11.1. The van der Waals surface area contributed by atoms with E-state index in [1.807, 2.05) is 12.1 Å². The first-order valence-corrected chi connectivity index (χ1v) is 7.49. The summed E-state index contributed by atoms with van der Waals surface area (Å²) in [6.45, 7) is 1.67. The molecule has 5 heteroatoms. The lowest BCUT2D eigenvalue weighted by Crippen LogP contribution is -2.34. The quantitative estimate of drug-likeness (QED) is 0.866. The molecule has 106 valence electrons. The summed E-state index contributed by atoms with van der Waals surface area (Å²) in [7, 11) is 2.06. The van der Waals surface area contributed by atoms with Gasteiger partial charge in [-0.3, -0.25) is 0 Å². The third kappa shape index (κ3) is 4.60. The first kappa shape index (κ1) is 15.0. The average molecular weight is 303 g/mol. The normalized spacial score (nSPS) is 23.8. The van der Waals surface area contributed by atoms with Crippen LogP contribution in [0.5, 0.6) is 0 Å². The van der Waals surface area contributed by atoms with Gasteiger partial charge in [-0.05, 0) is 43.5 Å². The van der Waals surface area contributed by atoms with Gasteiger partial charge >= 0.3 is 0 Å². The molecule has 0 aromatic carbocycles. The molecule has 1 aliphatic rings. The van der Waals surface area contributed by atoms with E-state index in [0.29, 0.717) is 16.2 Å². The predicted octanol–water partition coefficient (Wildman–Crippen LogP) is 3.37. The van der Waals surface area contributed by atoms with Gasteiger partial charge in [0.1, 0.15) is 10.3 Å². The molecular weight excluding hydrogens is 283 g/mol. The molecule has 1 aromatic rings. The van der Waals surface area contributed by atoms with Crippen LogP contribution in [0.15, 0.2) is 12.1 Å². The van der Waals surface area contributed by atoms with E-state index in [9.17, 15) is 5.11 Å². The molecule has 0 saturated heterocycles. The SMILES string of the molecule is CN(Cc1cc(Cl)nc(Cl)c1)CC1CCCCC1O. The second-order valence-corrected chi connectivity index (χ2v) is 6.20. The first-order chi connectivity index (χ1) is 9.04. The smallest absolute Gasteiger partial charge is 0.131 e. The molecule has 0 radical (unpaired) electrons. The fraction of sp³-hybridized carbons (Fsp3) is 0.643. The van der Waals surface area contributed by atoms with Crippen LogP contribution in [-0.4, -0.2) is 34.7 Å². The van der Waals surface area contributed by atoms with Gasteiger partial charge in [0.25, 0.3) is 0 Å². The Morgan fingerprint density at radius 2 is 1.89 bits per heavy atom. The van der Waals surface area contributed by atoms with Gasteiger partial charge in [0.05, 0.1) is 6.10 Å². The van der Waals surface area contributed by atoms with Crippen molar-refractivity contribution in [3.63, 3.8) is 0 Å². The van der Waals surface area contributed by atoms with E-state index in [1.165, 1.54) is 6.42 Å². The molecule has 1 aromatic heterocycles. The number of halogens is 2. The van der Waals surface area contributed by atoms with Crippen molar-refractivity contribution in [1.82, 2.24) is 9.88 Å². The van der Waals surface area contributed by atoms with Crippen molar-refractivity contribution in [3.8, 4) is 0 Å². The van der Waals surface area contributed by atoms with Gasteiger partial charge in [-0.2, -0.15) is 0 Å². The largest absolute Gasteiger partial charge is 0.393 e. The van der Waals surface area contributed by atoms with Gasteiger partial charge in [-0.15, -0.1) is 0 Å². The van der Waals surface area contributed by atoms with Crippen LogP contribution in [0.3, 0.4) is 0 Å². The molecule has 0 aliphatic heterocycles. The highest BCUT2D eigenvalue weighted by Gasteiger charge is 2.24. The molecule has 3 nitrogen and oxygen atoms in total. The maximum atomic E-state index is 9.99. The van der Waals surface area contributed by atoms with Crippen LogP contribution in [0.2, 0.25) is 10.3 Å². The van der Waals surface area contributed by atoms with Gasteiger partial charge in [-0.1, -0.05) is 36.0 Å². The van der Waals surface area contributed by atoms with Crippen molar-refractivity contribution in [3.05, 3.63) is 28.0 Å². The maximum absolute atomic E-state index is 9.99. The van der Waals surface area contributed by atoms with Crippen LogP contribution in [-0.2, 0) is 6.54 Å². The zero-order chi connectivity index (χ0) is 13.8. The van der Waals surface area contributed by atoms with E-state index in [2.05, 4.69) is 16.9 Å². The maximum Gasteiger partial charge on any atom is 0.131 e. The lowest BCUT2D eigenvalue weighted by molar-refractivity contribution is 0.0502. The standard InChI is InChI=1S/C14H20Cl2N2O/c1-18(9-11-4-2-3-5-12(11)19)8-10-6-13(15)17-14(16)7-10/h6-7,11-12,19H,2-5,8-9H2,1H3. The molecule has 2 rings (SSSR count). The molecule has 2 unspecified atom stereocenters. The van der Waals surface area contributed by atoms with E-state index in [0.717, 1.165) is 37.9 Å². The molecule has 1 fully saturated rings. The molecule has 0 bridgehead atoms. The Morgan fingerprint density at radius 3 is 2.53 bits per heavy atom. The lowest BCUT2D eigenvalue weighted by atomic mass is 9.86. The number of pyridine rings is 1. The summed E-state index contributed by atoms with van der Waals surface area (Å²) in [5, 5.41) is 10.8. The number of nitrogens with zero attached hydrogens (tertiary/aromatic N) is 2. The van der Waals surface area contributed by atoms with Crippen molar-refractivity contribution in [2.45, 2.75) is 38.3 Å². The van der Waals surface area contributed by atoms with Crippen molar-refractivity contribution < 1.29 is 5.11 Å². The molecule has 0 amide bonds. The first-order valence-electron chi connectivity index (χ1n) is 6.73. The van der Waals surface area contributed by atoms with E-state index in [1.54, 1.807) is 0 Å². The van der Waals surface area contributed by atoms with E-state index in [-0.39, 0.29) is 6.10 Å².